The highest BCUT2D eigenvalue weighted by molar-refractivity contribution is 5.74. The fourth-order valence-electron chi connectivity index (χ4n) is 5.01. The summed E-state index contributed by atoms with van der Waals surface area (Å²) in [7, 11) is 0. The predicted octanol–water partition coefficient (Wildman–Crippen LogP) is 4.44. The number of likely N-dealkylation sites (tertiary alicyclic amines) is 1. The van der Waals surface area contributed by atoms with Crippen LogP contribution in [-0.4, -0.2) is 37.0 Å². The Morgan fingerprint density at radius 1 is 0.967 bits per heavy atom. The fourth-order valence-corrected chi connectivity index (χ4v) is 5.01. The molecular weight excluding hydrogens is 377 g/mol. The minimum absolute atomic E-state index is 0.0387. The first-order chi connectivity index (χ1) is 14.6. The van der Waals surface area contributed by atoms with Crippen molar-refractivity contribution >= 4 is 11.6 Å². The van der Waals surface area contributed by atoms with Gasteiger partial charge in [-0.25, -0.2) is 4.39 Å². The number of hydrogen-bond acceptors (Lipinski definition) is 3. The van der Waals surface area contributed by atoms with E-state index >= 15 is 0 Å². The molecule has 0 bridgehead atoms. The lowest BCUT2D eigenvalue weighted by Gasteiger charge is -2.43. The van der Waals surface area contributed by atoms with E-state index in [1.165, 1.54) is 42.6 Å². The van der Waals surface area contributed by atoms with E-state index in [0.717, 1.165) is 51.1 Å². The molecule has 2 aliphatic rings. The smallest absolute Gasteiger partial charge is 0.217 e. The van der Waals surface area contributed by atoms with Crippen LogP contribution in [0.1, 0.15) is 50.2 Å². The van der Waals surface area contributed by atoms with Crippen LogP contribution in [0.2, 0.25) is 0 Å². The lowest BCUT2D eigenvalue weighted by Crippen LogP contribution is -2.52. The maximum Gasteiger partial charge on any atom is 0.217 e. The number of rotatable bonds is 5. The molecule has 2 fully saturated rings. The van der Waals surface area contributed by atoms with Crippen molar-refractivity contribution in [2.24, 2.45) is 0 Å². The van der Waals surface area contributed by atoms with Crippen LogP contribution in [0.3, 0.4) is 0 Å². The third kappa shape index (κ3) is 4.67. The second-order valence-electron chi connectivity index (χ2n) is 8.72. The van der Waals surface area contributed by atoms with Crippen LogP contribution in [-0.2, 0) is 16.9 Å². The van der Waals surface area contributed by atoms with E-state index in [4.69, 9.17) is 0 Å². The third-order valence-electron chi connectivity index (χ3n) is 6.60. The molecule has 0 unspecified atom stereocenters. The number of benzene rings is 2. The minimum atomic E-state index is -0.414. The summed E-state index contributed by atoms with van der Waals surface area (Å²) in [6.07, 6.45) is 5.53. The molecule has 0 aromatic heterocycles. The highest BCUT2D eigenvalue weighted by atomic mass is 19.1. The lowest BCUT2D eigenvalue weighted by atomic mass is 9.80. The summed E-state index contributed by atoms with van der Waals surface area (Å²) in [4.78, 5) is 17.0. The molecule has 1 N–H and O–H groups in total. The van der Waals surface area contributed by atoms with Gasteiger partial charge < -0.3 is 10.2 Å². The van der Waals surface area contributed by atoms with Crippen LogP contribution in [0, 0.1) is 5.82 Å². The molecule has 2 aromatic rings. The molecule has 0 saturated carbocycles. The van der Waals surface area contributed by atoms with Crippen molar-refractivity contribution in [1.82, 2.24) is 10.2 Å². The zero-order valence-electron chi connectivity index (χ0n) is 17.9. The third-order valence-corrected chi connectivity index (χ3v) is 6.60. The zero-order chi connectivity index (χ0) is 21.0. The van der Waals surface area contributed by atoms with E-state index in [2.05, 4.69) is 39.4 Å². The van der Waals surface area contributed by atoms with Gasteiger partial charge in [-0.1, -0.05) is 30.3 Å². The molecule has 5 heteroatoms. The molecular formula is C25H32FN3O. The molecule has 2 aromatic carbocycles. The predicted molar refractivity (Wildman–Crippen MR) is 119 cm³/mol. The van der Waals surface area contributed by atoms with Gasteiger partial charge in [-0.2, -0.15) is 0 Å². The number of carbonyl (C=O) groups excluding carboxylic acids is 1. The Morgan fingerprint density at radius 3 is 2.30 bits per heavy atom. The van der Waals surface area contributed by atoms with Gasteiger partial charge in [0, 0.05) is 45.3 Å². The average molecular weight is 410 g/mol. The second-order valence-corrected chi connectivity index (χ2v) is 8.72. The highest BCUT2D eigenvalue weighted by Crippen LogP contribution is 2.34. The number of carbonyl (C=O) groups is 1. The van der Waals surface area contributed by atoms with Crippen LogP contribution in [0.5, 0.6) is 0 Å². The molecule has 4 rings (SSSR count). The van der Waals surface area contributed by atoms with Gasteiger partial charge in [-0.3, -0.25) is 9.69 Å². The molecule has 2 heterocycles. The second kappa shape index (κ2) is 9.17. The van der Waals surface area contributed by atoms with Gasteiger partial charge in [0.1, 0.15) is 5.82 Å². The molecule has 2 aliphatic heterocycles. The SMILES string of the molecule is CC(=O)NC1(c2ccc(F)cc2)CCN(Cc2ccccc2N2CCCCC2)CC1. The monoisotopic (exact) mass is 409 g/mol. The van der Waals surface area contributed by atoms with Crippen molar-refractivity contribution in [2.45, 2.75) is 51.1 Å². The van der Waals surface area contributed by atoms with Crippen molar-refractivity contribution in [2.75, 3.05) is 31.1 Å². The fraction of sp³-hybridized carbons (Fsp3) is 0.480. The van der Waals surface area contributed by atoms with Gasteiger partial charge in [0.15, 0.2) is 0 Å². The van der Waals surface area contributed by atoms with Gasteiger partial charge in [-0.05, 0) is 61.4 Å². The Hall–Kier alpha value is -2.40. The normalized spacial score (nSPS) is 19.5. The molecule has 4 nitrogen and oxygen atoms in total. The first-order valence-corrected chi connectivity index (χ1v) is 11.2. The molecule has 0 spiro atoms. The summed E-state index contributed by atoms with van der Waals surface area (Å²) in [6, 6.07) is 15.4. The quantitative estimate of drug-likeness (QED) is 0.793. The molecule has 0 aliphatic carbocycles. The summed E-state index contributed by atoms with van der Waals surface area (Å²) in [5, 5.41) is 3.18. The lowest BCUT2D eigenvalue weighted by molar-refractivity contribution is -0.121. The molecule has 160 valence electrons. The van der Waals surface area contributed by atoms with Gasteiger partial charge >= 0.3 is 0 Å². The first kappa shape index (κ1) is 20.9. The van der Waals surface area contributed by atoms with E-state index in [1.54, 1.807) is 6.92 Å². The first-order valence-electron chi connectivity index (χ1n) is 11.2. The van der Waals surface area contributed by atoms with Gasteiger partial charge in [-0.15, -0.1) is 0 Å². The Morgan fingerprint density at radius 2 is 1.63 bits per heavy atom. The summed E-state index contributed by atoms with van der Waals surface area (Å²) >= 11 is 0. The van der Waals surface area contributed by atoms with E-state index in [-0.39, 0.29) is 11.7 Å². The number of halogens is 1. The molecule has 1 amide bonds. The van der Waals surface area contributed by atoms with E-state index in [9.17, 15) is 9.18 Å². The van der Waals surface area contributed by atoms with E-state index in [0.29, 0.717) is 0 Å². The Kier molecular flexibility index (Phi) is 6.38. The van der Waals surface area contributed by atoms with Crippen molar-refractivity contribution < 1.29 is 9.18 Å². The number of nitrogens with zero attached hydrogens (tertiary/aromatic N) is 2. The van der Waals surface area contributed by atoms with Crippen LogP contribution in [0.25, 0.3) is 0 Å². The average Bonchev–Trinajstić information content (AvgIpc) is 2.76. The van der Waals surface area contributed by atoms with Crippen LogP contribution >= 0.6 is 0 Å². The van der Waals surface area contributed by atoms with Crippen molar-refractivity contribution in [1.29, 1.82) is 0 Å². The van der Waals surface area contributed by atoms with Crippen molar-refractivity contribution in [3.63, 3.8) is 0 Å². The largest absolute Gasteiger partial charge is 0.371 e. The van der Waals surface area contributed by atoms with Crippen molar-refractivity contribution in [3.05, 3.63) is 65.5 Å². The minimum Gasteiger partial charge on any atom is -0.371 e. The Balaban J connectivity index is 1.47. The van der Waals surface area contributed by atoms with E-state index < -0.39 is 5.54 Å². The summed E-state index contributed by atoms with van der Waals surface area (Å²) in [6.45, 7) is 6.57. The number of amides is 1. The zero-order valence-corrected chi connectivity index (χ0v) is 17.9. The van der Waals surface area contributed by atoms with Crippen LogP contribution in [0.4, 0.5) is 10.1 Å². The standard InChI is InChI=1S/C25H32FN3O/c1-20(30)27-25(22-9-11-23(26)12-10-22)13-17-28(18-14-25)19-21-7-3-4-8-24(21)29-15-5-2-6-16-29/h3-4,7-12H,2,5-6,13-19H2,1H3,(H,27,30). The highest BCUT2D eigenvalue weighted by Gasteiger charge is 2.37. The number of nitrogens with one attached hydrogen (secondary N) is 1. The number of para-hydroxylation sites is 1. The summed E-state index contributed by atoms with van der Waals surface area (Å²) < 4.78 is 13.4. The topological polar surface area (TPSA) is 35.6 Å². The van der Waals surface area contributed by atoms with Crippen molar-refractivity contribution in [3.8, 4) is 0 Å². The number of piperidine rings is 2. The van der Waals surface area contributed by atoms with Crippen LogP contribution in [0.15, 0.2) is 48.5 Å². The van der Waals surface area contributed by atoms with Gasteiger partial charge in [0.2, 0.25) is 5.91 Å². The molecule has 0 atom stereocenters. The molecule has 30 heavy (non-hydrogen) atoms. The van der Waals surface area contributed by atoms with E-state index in [1.807, 2.05) is 12.1 Å². The number of anilines is 1. The summed E-state index contributed by atoms with van der Waals surface area (Å²) in [5.74, 6) is -0.285. The van der Waals surface area contributed by atoms with Gasteiger partial charge in [0.25, 0.3) is 0 Å². The molecule has 0 radical (unpaired) electrons. The van der Waals surface area contributed by atoms with Crippen LogP contribution < -0.4 is 10.2 Å². The van der Waals surface area contributed by atoms with Gasteiger partial charge in [0.05, 0.1) is 5.54 Å². The maximum atomic E-state index is 13.4. The summed E-state index contributed by atoms with van der Waals surface area (Å²) in [5.41, 5.74) is 3.33. The Bertz CT molecular complexity index is 853. The maximum absolute atomic E-state index is 13.4. The Labute approximate surface area is 179 Å². The molecule has 2 saturated heterocycles. The number of hydrogen-bond donors (Lipinski definition) is 1.